The third-order valence-corrected chi connectivity index (χ3v) is 3.87. The molecular weight excluding hydrogens is 222 g/mol. The van der Waals surface area contributed by atoms with Crippen molar-refractivity contribution in [2.24, 2.45) is 5.41 Å². The van der Waals surface area contributed by atoms with Crippen LogP contribution >= 0.6 is 0 Å². The lowest BCUT2D eigenvalue weighted by molar-refractivity contribution is 0.0748. The van der Waals surface area contributed by atoms with E-state index in [2.05, 4.69) is 26.8 Å². The minimum absolute atomic E-state index is 0.00305. The van der Waals surface area contributed by atoms with E-state index in [1.54, 1.807) is 0 Å². The Labute approximate surface area is 109 Å². The predicted octanol–water partition coefficient (Wildman–Crippen LogP) is 3.86. The minimum atomic E-state index is -0.733. The van der Waals surface area contributed by atoms with Gasteiger partial charge in [0.05, 0.1) is 6.07 Å². The molecule has 0 amide bonds. The highest BCUT2D eigenvalue weighted by Crippen LogP contribution is 2.43. The van der Waals surface area contributed by atoms with Crippen LogP contribution in [0.25, 0.3) is 0 Å². The molecule has 0 saturated heterocycles. The van der Waals surface area contributed by atoms with Crippen LogP contribution in [0.1, 0.15) is 56.0 Å². The SMILES string of the molecule is CC(C)(C)c1ccc(C(=O)C2(C#N)CCC2)cc1. The third kappa shape index (κ3) is 2.06. The summed E-state index contributed by atoms with van der Waals surface area (Å²) in [6.45, 7) is 6.44. The Bertz CT molecular complexity index is 495. The van der Waals surface area contributed by atoms with E-state index in [0.29, 0.717) is 18.4 Å². The highest BCUT2D eigenvalue weighted by Gasteiger charge is 2.44. The summed E-state index contributed by atoms with van der Waals surface area (Å²) >= 11 is 0. The van der Waals surface area contributed by atoms with Crippen LogP contribution in [0.15, 0.2) is 24.3 Å². The van der Waals surface area contributed by atoms with Crippen LogP contribution in [-0.2, 0) is 5.41 Å². The van der Waals surface area contributed by atoms with Gasteiger partial charge in [0, 0.05) is 5.56 Å². The number of hydrogen-bond acceptors (Lipinski definition) is 2. The lowest BCUT2D eigenvalue weighted by Crippen LogP contribution is -2.36. The van der Waals surface area contributed by atoms with Crippen molar-refractivity contribution < 1.29 is 4.79 Å². The molecule has 0 heterocycles. The van der Waals surface area contributed by atoms with Gasteiger partial charge in [0.25, 0.3) is 0 Å². The van der Waals surface area contributed by atoms with Gasteiger partial charge in [-0.3, -0.25) is 4.79 Å². The molecule has 0 aliphatic heterocycles. The van der Waals surface area contributed by atoms with Gasteiger partial charge in [0.1, 0.15) is 5.41 Å². The molecule has 94 valence electrons. The number of Topliss-reactive ketones (excluding diaryl/α,β-unsaturated/α-hetero) is 1. The van der Waals surface area contributed by atoms with Crippen LogP contribution in [0.4, 0.5) is 0 Å². The van der Waals surface area contributed by atoms with Crippen LogP contribution in [0.3, 0.4) is 0 Å². The molecule has 2 heteroatoms. The highest BCUT2D eigenvalue weighted by molar-refractivity contribution is 6.02. The second-order valence-corrected chi connectivity index (χ2v) is 6.20. The van der Waals surface area contributed by atoms with Crippen LogP contribution in [0, 0.1) is 16.7 Å². The first-order chi connectivity index (χ1) is 8.39. The molecule has 1 aliphatic rings. The van der Waals surface area contributed by atoms with E-state index in [1.165, 1.54) is 5.56 Å². The molecule has 1 aromatic carbocycles. The van der Waals surface area contributed by atoms with Crippen molar-refractivity contribution in [1.82, 2.24) is 0 Å². The van der Waals surface area contributed by atoms with Crippen molar-refractivity contribution in [2.75, 3.05) is 0 Å². The molecule has 1 aliphatic carbocycles. The largest absolute Gasteiger partial charge is 0.292 e. The number of hydrogen-bond donors (Lipinski definition) is 0. The normalized spacial score (nSPS) is 17.7. The monoisotopic (exact) mass is 241 g/mol. The smallest absolute Gasteiger partial charge is 0.183 e. The average molecular weight is 241 g/mol. The summed E-state index contributed by atoms with van der Waals surface area (Å²) < 4.78 is 0. The molecular formula is C16H19NO. The van der Waals surface area contributed by atoms with Crippen molar-refractivity contribution in [2.45, 2.75) is 45.4 Å². The zero-order valence-electron chi connectivity index (χ0n) is 11.3. The molecule has 2 rings (SSSR count). The van der Waals surface area contributed by atoms with Gasteiger partial charge in [0.15, 0.2) is 5.78 Å². The number of ketones is 1. The maximum absolute atomic E-state index is 12.3. The van der Waals surface area contributed by atoms with Gasteiger partial charge >= 0.3 is 0 Å². The van der Waals surface area contributed by atoms with Gasteiger partial charge in [0.2, 0.25) is 0 Å². The van der Waals surface area contributed by atoms with Crippen molar-refractivity contribution >= 4 is 5.78 Å². The molecule has 0 radical (unpaired) electrons. The predicted molar refractivity (Wildman–Crippen MR) is 71.4 cm³/mol. The maximum atomic E-state index is 12.3. The van der Waals surface area contributed by atoms with Crippen LogP contribution in [0.2, 0.25) is 0 Å². The summed E-state index contributed by atoms with van der Waals surface area (Å²) in [5, 5.41) is 9.18. The fourth-order valence-corrected chi connectivity index (χ4v) is 2.32. The highest BCUT2D eigenvalue weighted by atomic mass is 16.1. The van der Waals surface area contributed by atoms with E-state index in [0.717, 1.165) is 6.42 Å². The number of rotatable bonds is 2. The number of carbonyl (C=O) groups excluding carboxylic acids is 1. The molecule has 2 nitrogen and oxygen atoms in total. The van der Waals surface area contributed by atoms with Gasteiger partial charge in [-0.25, -0.2) is 0 Å². The van der Waals surface area contributed by atoms with Gasteiger partial charge in [-0.05, 0) is 30.2 Å². The lowest BCUT2D eigenvalue weighted by Gasteiger charge is -2.33. The van der Waals surface area contributed by atoms with E-state index < -0.39 is 5.41 Å². The summed E-state index contributed by atoms with van der Waals surface area (Å²) in [6, 6.07) is 9.93. The molecule has 18 heavy (non-hydrogen) atoms. The molecule has 1 aromatic rings. The molecule has 0 N–H and O–H groups in total. The first-order valence-electron chi connectivity index (χ1n) is 6.46. The molecule has 0 aromatic heterocycles. The summed E-state index contributed by atoms with van der Waals surface area (Å²) in [5.74, 6) is -0.00305. The molecule has 1 fully saturated rings. The minimum Gasteiger partial charge on any atom is -0.292 e. The fourth-order valence-electron chi connectivity index (χ4n) is 2.32. The van der Waals surface area contributed by atoms with Gasteiger partial charge in [-0.1, -0.05) is 45.0 Å². The number of benzene rings is 1. The van der Waals surface area contributed by atoms with Gasteiger partial charge < -0.3 is 0 Å². The van der Waals surface area contributed by atoms with Crippen LogP contribution in [0.5, 0.6) is 0 Å². The Morgan fingerprint density at radius 3 is 2.11 bits per heavy atom. The first kappa shape index (κ1) is 12.8. The summed E-state index contributed by atoms with van der Waals surface area (Å²) in [7, 11) is 0. The van der Waals surface area contributed by atoms with Crippen molar-refractivity contribution in [3.63, 3.8) is 0 Å². The Morgan fingerprint density at radius 2 is 1.78 bits per heavy atom. The van der Waals surface area contributed by atoms with Crippen molar-refractivity contribution in [3.8, 4) is 6.07 Å². The maximum Gasteiger partial charge on any atom is 0.183 e. The fraction of sp³-hybridized carbons (Fsp3) is 0.500. The second kappa shape index (κ2) is 4.24. The average Bonchev–Trinajstić information content (AvgIpc) is 2.27. The third-order valence-electron chi connectivity index (χ3n) is 3.87. The van der Waals surface area contributed by atoms with Crippen molar-refractivity contribution in [1.29, 1.82) is 5.26 Å². The standard InChI is InChI=1S/C16H19NO/c1-15(2,3)13-7-5-12(6-8-13)14(18)16(11-17)9-4-10-16/h5-8H,4,9-10H2,1-3H3. The van der Waals surface area contributed by atoms with Crippen molar-refractivity contribution in [3.05, 3.63) is 35.4 Å². The van der Waals surface area contributed by atoms with Crippen LogP contribution in [-0.4, -0.2) is 5.78 Å². The Hall–Kier alpha value is -1.62. The summed E-state index contributed by atoms with van der Waals surface area (Å²) in [6.07, 6.45) is 2.41. The van der Waals surface area contributed by atoms with E-state index >= 15 is 0 Å². The topological polar surface area (TPSA) is 40.9 Å². The van der Waals surface area contributed by atoms with E-state index in [9.17, 15) is 10.1 Å². The number of carbonyl (C=O) groups is 1. The zero-order valence-corrected chi connectivity index (χ0v) is 11.3. The number of nitrogens with zero attached hydrogens (tertiary/aromatic N) is 1. The Balaban J connectivity index is 2.26. The quantitative estimate of drug-likeness (QED) is 0.738. The molecule has 1 saturated carbocycles. The zero-order chi connectivity index (χ0) is 13.4. The summed E-state index contributed by atoms with van der Waals surface area (Å²) in [5.41, 5.74) is 1.23. The Morgan fingerprint density at radius 1 is 1.22 bits per heavy atom. The van der Waals surface area contributed by atoms with E-state index in [4.69, 9.17) is 0 Å². The lowest BCUT2D eigenvalue weighted by atomic mass is 9.65. The van der Waals surface area contributed by atoms with E-state index in [1.807, 2.05) is 24.3 Å². The molecule has 0 spiro atoms. The number of nitriles is 1. The van der Waals surface area contributed by atoms with E-state index in [-0.39, 0.29) is 11.2 Å². The first-order valence-corrected chi connectivity index (χ1v) is 6.46. The second-order valence-electron chi connectivity index (χ2n) is 6.20. The molecule has 0 atom stereocenters. The van der Waals surface area contributed by atoms with Gasteiger partial charge in [-0.2, -0.15) is 5.26 Å². The summed E-state index contributed by atoms with van der Waals surface area (Å²) in [4.78, 5) is 12.3. The van der Waals surface area contributed by atoms with Crippen LogP contribution < -0.4 is 0 Å². The van der Waals surface area contributed by atoms with Gasteiger partial charge in [-0.15, -0.1) is 0 Å². The Kier molecular flexibility index (Phi) is 3.02. The molecule has 0 bridgehead atoms. The molecule has 0 unspecified atom stereocenters.